The lowest BCUT2D eigenvalue weighted by atomic mass is 10.2. The van der Waals surface area contributed by atoms with E-state index >= 15 is 0 Å². The number of nitrogens with one attached hydrogen (secondary N) is 1. The number of carbonyl (C=O) groups excluding carboxylic acids is 1. The molecule has 0 aliphatic heterocycles. The summed E-state index contributed by atoms with van der Waals surface area (Å²) in [5.41, 5.74) is -0.718. The van der Waals surface area contributed by atoms with Crippen LogP contribution in [0.15, 0.2) is 18.2 Å². The van der Waals surface area contributed by atoms with Crippen molar-refractivity contribution in [3.05, 3.63) is 33.9 Å². The first-order valence-electron chi connectivity index (χ1n) is 6.29. The van der Waals surface area contributed by atoms with E-state index in [2.05, 4.69) is 5.32 Å². The first-order valence-corrected chi connectivity index (χ1v) is 6.29. The fraction of sp³-hybridized carbons (Fsp3) is 0.385. The SMILES string of the molecule is CCC(C)NC(=O)COc1ccc([N+](=O)[O-])cc1C(=O)O. The summed E-state index contributed by atoms with van der Waals surface area (Å²) in [7, 11) is 0. The Morgan fingerprint density at radius 2 is 2.14 bits per heavy atom. The number of ether oxygens (including phenoxy) is 1. The van der Waals surface area contributed by atoms with E-state index in [-0.39, 0.29) is 35.6 Å². The second-order valence-electron chi connectivity index (χ2n) is 4.41. The zero-order chi connectivity index (χ0) is 16.0. The number of rotatable bonds is 7. The first kappa shape index (κ1) is 16.4. The second kappa shape index (κ2) is 7.22. The summed E-state index contributed by atoms with van der Waals surface area (Å²) in [6, 6.07) is 3.16. The summed E-state index contributed by atoms with van der Waals surface area (Å²) in [4.78, 5) is 32.5. The molecule has 0 aliphatic rings. The van der Waals surface area contributed by atoms with Gasteiger partial charge in [0.25, 0.3) is 11.6 Å². The van der Waals surface area contributed by atoms with Crippen molar-refractivity contribution in [3.63, 3.8) is 0 Å². The first-order chi connectivity index (χ1) is 9.85. The van der Waals surface area contributed by atoms with Gasteiger partial charge in [0.05, 0.1) is 4.92 Å². The molecule has 0 aromatic heterocycles. The van der Waals surface area contributed by atoms with Gasteiger partial charge in [-0.3, -0.25) is 14.9 Å². The van der Waals surface area contributed by atoms with Gasteiger partial charge in [0.15, 0.2) is 6.61 Å². The zero-order valence-electron chi connectivity index (χ0n) is 11.7. The lowest BCUT2D eigenvalue weighted by Crippen LogP contribution is -2.35. The molecule has 8 heteroatoms. The molecule has 1 aromatic rings. The summed E-state index contributed by atoms with van der Waals surface area (Å²) in [5.74, 6) is -1.84. The lowest BCUT2D eigenvalue weighted by Gasteiger charge is -2.13. The normalized spacial score (nSPS) is 11.5. The zero-order valence-corrected chi connectivity index (χ0v) is 11.7. The second-order valence-corrected chi connectivity index (χ2v) is 4.41. The molecular weight excluding hydrogens is 280 g/mol. The smallest absolute Gasteiger partial charge is 0.339 e. The Kier molecular flexibility index (Phi) is 5.65. The highest BCUT2D eigenvalue weighted by molar-refractivity contribution is 5.92. The predicted molar refractivity (Wildman–Crippen MR) is 73.4 cm³/mol. The van der Waals surface area contributed by atoms with E-state index in [1.54, 1.807) is 0 Å². The van der Waals surface area contributed by atoms with Crippen LogP contribution < -0.4 is 10.1 Å². The Hall–Kier alpha value is -2.64. The largest absolute Gasteiger partial charge is 0.483 e. The Morgan fingerprint density at radius 3 is 2.67 bits per heavy atom. The predicted octanol–water partition coefficient (Wildman–Crippen LogP) is 1.59. The van der Waals surface area contributed by atoms with Crippen molar-refractivity contribution in [1.29, 1.82) is 0 Å². The van der Waals surface area contributed by atoms with E-state index in [9.17, 15) is 19.7 Å². The average molecular weight is 296 g/mol. The Bertz CT molecular complexity index is 558. The molecule has 0 bridgehead atoms. The van der Waals surface area contributed by atoms with Gasteiger partial charge < -0.3 is 15.2 Å². The van der Waals surface area contributed by atoms with E-state index < -0.39 is 10.9 Å². The number of hydrogen-bond acceptors (Lipinski definition) is 5. The molecular formula is C13H16N2O6. The molecule has 0 fully saturated rings. The van der Waals surface area contributed by atoms with Gasteiger partial charge in [-0.2, -0.15) is 0 Å². The van der Waals surface area contributed by atoms with Crippen LogP contribution in [-0.4, -0.2) is 34.6 Å². The summed E-state index contributed by atoms with van der Waals surface area (Å²) in [5, 5.41) is 22.3. The number of aromatic carboxylic acids is 1. The number of carbonyl (C=O) groups is 2. The number of amides is 1. The van der Waals surface area contributed by atoms with Crippen molar-refractivity contribution in [3.8, 4) is 5.75 Å². The number of carboxylic acids is 1. The molecule has 1 amide bonds. The minimum absolute atomic E-state index is 0.0168. The fourth-order valence-corrected chi connectivity index (χ4v) is 1.49. The highest BCUT2D eigenvalue weighted by Crippen LogP contribution is 2.24. The van der Waals surface area contributed by atoms with E-state index in [0.717, 1.165) is 24.6 Å². The number of non-ortho nitro benzene ring substituents is 1. The van der Waals surface area contributed by atoms with Crippen molar-refractivity contribution in [2.24, 2.45) is 0 Å². The molecule has 0 aliphatic carbocycles. The maximum atomic E-state index is 11.6. The number of benzene rings is 1. The number of nitro benzene ring substituents is 1. The molecule has 1 rings (SSSR count). The minimum atomic E-state index is -1.36. The summed E-state index contributed by atoms with van der Waals surface area (Å²) in [6.07, 6.45) is 0.754. The molecule has 1 unspecified atom stereocenters. The van der Waals surface area contributed by atoms with Crippen LogP contribution in [0, 0.1) is 10.1 Å². The molecule has 0 saturated carbocycles. The van der Waals surface area contributed by atoms with Gasteiger partial charge in [-0.1, -0.05) is 6.92 Å². The van der Waals surface area contributed by atoms with E-state index in [0.29, 0.717) is 0 Å². The monoisotopic (exact) mass is 296 g/mol. The lowest BCUT2D eigenvalue weighted by molar-refractivity contribution is -0.384. The molecule has 0 heterocycles. The van der Waals surface area contributed by atoms with Crippen molar-refractivity contribution in [1.82, 2.24) is 5.32 Å². The maximum Gasteiger partial charge on any atom is 0.339 e. The molecule has 0 radical (unpaired) electrons. The third-order valence-electron chi connectivity index (χ3n) is 2.78. The van der Waals surface area contributed by atoms with Gasteiger partial charge in [-0.15, -0.1) is 0 Å². The number of carboxylic acid groups (broad SMARTS) is 1. The number of hydrogen-bond donors (Lipinski definition) is 2. The maximum absolute atomic E-state index is 11.6. The molecule has 1 aromatic carbocycles. The highest BCUT2D eigenvalue weighted by Gasteiger charge is 2.18. The molecule has 0 spiro atoms. The van der Waals surface area contributed by atoms with Crippen LogP contribution >= 0.6 is 0 Å². The quantitative estimate of drug-likeness (QED) is 0.582. The van der Waals surface area contributed by atoms with Crippen LogP contribution in [-0.2, 0) is 4.79 Å². The summed E-state index contributed by atoms with van der Waals surface area (Å²) >= 11 is 0. The Morgan fingerprint density at radius 1 is 1.48 bits per heavy atom. The Balaban J connectivity index is 2.81. The van der Waals surface area contributed by atoms with Crippen LogP contribution in [0.3, 0.4) is 0 Å². The van der Waals surface area contributed by atoms with Crippen molar-refractivity contribution in [2.75, 3.05) is 6.61 Å². The van der Waals surface area contributed by atoms with Gasteiger partial charge in [0, 0.05) is 18.2 Å². The number of nitrogens with zero attached hydrogens (tertiary/aromatic N) is 1. The summed E-state index contributed by atoms with van der Waals surface area (Å²) in [6.45, 7) is 3.37. The van der Waals surface area contributed by atoms with Crippen LogP contribution in [0.5, 0.6) is 5.75 Å². The van der Waals surface area contributed by atoms with Crippen LogP contribution in [0.4, 0.5) is 5.69 Å². The topological polar surface area (TPSA) is 119 Å². The van der Waals surface area contributed by atoms with Crippen molar-refractivity contribution >= 4 is 17.6 Å². The van der Waals surface area contributed by atoms with Crippen molar-refractivity contribution < 1.29 is 24.4 Å². The third kappa shape index (κ3) is 4.75. The standard InChI is InChI=1S/C13H16N2O6/c1-3-8(2)14-12(16)7-21-11-5-4-9(15(19)20)6-10(11)13(17)18/h4-6,8H,3,7H2,1-2H3,(H,14,16)(H,17,18). The van der Waals surface area contributed by atoms with E-state index in [1.165, 1.54) is 0 Å². The third-order valence-corrected chi connectivity index (χ3v) is 2.78. The van der Waals surface area contributed by atoms with Crippen LogP contribution in [0.2, 0.25) is 0 Å². The van der Waals surface area contributed by atoms with Gasteiger partial charge in [0.1, 0.15) is 11.3 Å². The molecule has 8 nitrogen and oxygen atoms in total. The molecule has 21 heavy (non-hydrogen) atoms. The highest BCUT2D eigenvalue weighted by atomic mass is 16.6. The average Bonchev–Trinajstić information content (AvgIpc) is 2.44. The van der Waals surface area contributed by atoms with E-state index in [4.69, 9.17) is 9.84 Å². The minimum Gasteiger partial charge on any atom is -0.483 e. The van der Waals surface area contributed by atoms with Gasteiger partial charge in [-0.05, 0) is 19.4 Å². The van der Waals surface area contributed by atoms with Gasteiger partial charge >= 0.3 is 5.97 Å². The van der Waals surface area contributed by atoms with Crippen LogP contribution in [0.1, 0.15) is 30.6 Å². The van der Waals surface area contributed by atoms with Gasteiger partial charge in [0.2, 0.25) is 0 Å². The molecule has 114 valence electrons. The van der Waals surface area contributed by atoms with Crippen LogP contribution in [0.25, 0.3) is 0 Å². The summed E-state index contributed by atoms with van der Waals surface area (Å²) < 4.78 is 5.12. The van der Waals surface area contributed by atoms with E-state index in [1.807, 2.05) is 13.8 Å². The molecule has 2 N–H and O–H groups in total. The van der Waals surface area contributed by atoms with Crippen molar-refractivity contribution in [2.45, 2.75) is 26.3 Å². The molecule has 1 atom stereocenters. The van der Waals surface area contributed by atoms with Gasteiger partial charge in [-0.25, -0.2) is 4.79 Å². The Labute approximate surface area is 120 Å². The fourth-order valence-electron chi connectivity index (χ4n) is 1.49. The number of nitro groups is 1. The molecule has 0 saturated heterocycles.